The number of piperidine rings is 1. The number of benzene rings is 2. The summed E-state index contributed by atoms with van der Waals surface area (Å²) in [5, 5.41) is 10.4. The van der Waals surface area contributed by atoms with Gasteiger partial charge in [0.25, 0.3) is 0 Å². The predicted molar refractivity (Wildman–Crippen MR) is 150 cm³/mol. The highest BCUT2D eigenvalue weighted by Crippen LogP contribution is 2.36. The van der Waals surface area contributed by atoms with Crippen molar-refractivity contribution in [3.63, 3.8) is 0 Å². The topological polar surface area (TPSA) is 83.1 Å². The first-order chi connectivity index (χ1) is 19.1. The van der Waals surface area contributed by atoms with Crippen LogP contribution >= 0.6 is 0 Å². The number of para-hydroxylation sites is 2. The van der Waals surface area contributed by atoms with Crippen LogP contribution in [0.3, 0.4) is 0 Å². The molecule has 2 aliphatic heterocycles. The number of aromatic nitrogens is 2. The van der Waals surface area contributed by atoms with E-state index in [1.54, 1.807) is 4.90 Å². The lowest BCUT2D eigenvalue weighted by Crippen LogP contribution is -2.39. The van der Waals surface area contributed by atoms with Crippen LogP contribution in [0.5, 0.6) is 0 Å². The van der Waals surface area contributed by atoms with Crippen LogP contribution in [0.4, 0.5) is 10.6 Å². The fourth-order valence-electron chi connectivity index (χ4n) is 5.98. The Bertz CT molecular complexity index is 1530. The summed E-state index contributed by atoms with van der Waals surface area (Å²) in [6.45, 7) is 6.71. The number of imidazole rings is 1. The summed E-state index contributed by atoms with van der Waals surface area (Å²) in [6.07, 6.45) is 2.28. The number of rotatable bonds is 5. The molecule has 200 valence electrons. The molecule has 2 saturated heterocycles. The first-order valence-corrected chi connectivity index (χ1v) is 13.7. The van der Waals surface area contributed by atoms with Crippen molar-refractivity contribution in [2.24, 2.45) is 5.92 Å². The molecular formula is C31H33N5O3. The van der Waals surface area contributed by atoms with Gasteiger partial charge in [-0.1, -0.05) is 42.5 Å². The number of likely N-dealkylation sites (tertiary alicyclic amines) is 1. The zero-order valence-corrected chi connectivity index (χ0v) is 22.3. The van der Waals surface area contributed by atoms with Gasteiger partial charge in [-0.25, -0.2) is 9.78 Å². The SMILES string of the molecule is Cc1c(CC2CCN(C(=O)OCc3ccccc3)CC2)c(C#N)c2nc3ccccc3n2c1N1CCOCC1. The molecule has 4 heterocycles. The van der Waals surface area contributed by atoms with Crippen LogP contribution in [-0.4, -0.2) is 59.8 Å². The number of ether oxygens (including phenoxy) is 2. The molecular weight excluding hydrogens is 490 g/mol. The Morgan fingerprint density at radius 2 is 1.77 bits per heavy atom. The van der Waals surface area contributed by atoms with Gasteiger partial charge in [0.15, 0.2) is 5.65 Å². The Morgan fingerprint density at radius 1 is 1.05 bits per heavy atom. The molecule has 2 aromatic heterocycles. The third kappa shape index (κ3) is 4.90. The Balaban J connectivity index is 1.25. The number of fused-ring (bicyclic) bond motifs is 3. The number of hydrogen-bond donors (Lipinski definition) is 0. The van der Waals surface area contributed by atoms with Crippen LogP contribution in [0.2, 0.25) is 0 Å². The monoisotopic (exact) mass is 523 g/mol. The summed E-state index contributed by atoms with van der Waals surface area (Å²) in [4.78, 5) is 21.8. The molecule has 2 fully saturated rings. The second kappa shape index (κ2) is 11.0. The van der Waals surface area contributed by atoms with Gasteiger partial charge in [-0.3, -0.25) is 4.40 Å². The van der Waals surface area contributed by atoms with Crippen LogP contribution in [0.25, 0.3) is 16.7 Å². The van der Waals surface area contributed by atoms with E-state index in [2.05, 4.69) is 28.4 Å². The molecule has 0 spiro atoms. The number of morpholine rings is 1. The zero-order chi connectivity index (χ0) is 26.8. The average Bonchev–Trinajstić information content (AvgIpc) is 3.36. The largest absolute Gasteiger partial charge is 0.445 e. The lowest BCUT2D eigenvalue weighted by molar-refractivity contribution is 0.0823. The number of amides is 1. The molecule has 4 aromatic rings. The van der Waals surface area contributed by atoms with Crippen LogP contribution in [0, 0.1) is 24.2 Å². The summed E-state index contributed by atoms with van der Waals surface area (Å²) >= 11 is 0. The van der Waals surface area contributed by atoms with Gasteiger partial charge in [0, 0.05) is 26.2 Å². The predicted octanol–water partition coefficient (Wildman–Crippen LogP) is 5.10. The fourth-order valence-corrected chi connectivity index (χ4v) is 5.98. The lowest BCUT2D eigenvalue weighted by atomic mass is 9.87. The third-order valence-corrected chi connectivity index (χ3v) is 8.08. The molecule has 0 unspecified atom stereocenters. The molecule has 0 atom stereocenters. The van der Waals surface area contributed by atoms with Crippen molar-refractivity contribution in [3.05, 3.63) is 76.9 Å². The van der Waals surface area contributed by atoms with E-state index in [9.17, 15) is 10.1 Å². The lowest BCUT2D eigenvalue weighted by Gasteiger charge is -2.34. The molecule has 2 aliphatic rings. The number of nitrogens with zero attached hydrogens (tertiary/aromatic N) is 5. The van der Waals surface area contributed by atoms with Gasteiger partial charge in [0.05, 0.1) is 29.8 Å². The van der Waals surface area contributed by atoms with Gasteiger partial charge in [-0.2, -0.15) is 5.26 Å². The van der Waals surface area contributed by atoms with Gasteiger partial charge in [0.2, 0.25) is 0 Å². The molecule has 8 heteroatoms. The first-order valence-electron chi connectivity index (χ1n) is 13.7. The van der Waals surface area contributed by atoms with Crippen molar-refractivity contribution in [1.82, 2.24) is 14.3 Å². The van der Waals surface area contributed by atoms with Gasteiger partial charge < -0.3 is 19.3 Å². The highest BCUT2D eigenvalue weighted by atomic mass is 16.6. The van der Waals surface area contributed by atoms with Gasteiger partial charge in [-0.05, 0) is 60.9 Å². The Hall–Kier alpha value is -4.09. The number of carbonyl (C=O) groups excluding carboxylic acids is 1. The summed E-state index contributed by atoms with van der Waals surface area (Å²) in [5.74, 6) is 1.48. The van der Waals surface area contributed by atoms with Crippen LogP contribution < -0.4 is 4.90 Å². The number of nitriles is 1. The summed E-state index contributed by atoms with van der Waals surface area (Å²) in [7, 11) is 0. The van der Waals surface area contributed by atoms with Crippen molar-refractivity contribution in [1.29, 1.82) is 5.26 Å². The summed E-state index contributed by atoms with van der Waals surface area (Å²) < 4.78 is 13.4. The van der Waals surface area contributed by atoms with E-state index in [1.807, 2.05) is 48.5 Å². The quantitative estimate of drug-likeness (QED) is 0.362. The fraction of sp³-hybridized carbons (Fsp3) is 0.387. The summed E-state index contributed by atoms with van der Waals surface area (Å²) in [6, 6.07) is 20.4. The molecule has 0 bridgehead atoms. The highest BCUT2D eigenvalue weighted by molar-refractivity contribution is 5.86. The Kier molecular flexibility index (Phi) is 7.08. The Morgan fingerprint density at radius 3 is 2.51 bits per heavy atom. The van der Waals surface area contributed by atoms with Crippen molar-refractivity contribution in [2.75, 3.05) is 44.3 Å². The average molecular weight is 524 g/mol. The molecule has 1 amide bonds. The van der Waals surface area contributed by atoms with E-state index in [-0.39, 0.29) is 12.7 Å². The number of pyridine rings is 1. The highest BCUT2D eigenvalue weighted by Gasteiger charge is 2.29. The minimum atomic E-state index is -0.258. The molecule has 0 saturated carbocycles. The zero-order valence-electron chi connectivity index (χ0n) is 22.3. The van der Waals surface area contributed by atoms with Gasteiger partial charge >= 0.3 is 6.09 Å². The minimum Gasteiger partial charge on any atom is -0.445 e. The molecule has 0 radical (unpaired) electrons. The van der Waals surface area contributed by atoms with Crippen molar-refractivity contribution in [3.8, 4) is 6.07 Å². The number of carbonyl (C=O) groups is 1. The molecule has 8 nitrogen and oxygen atoms in total. The first kappa shape index (κ1) is 25.2. The summed E-state index contributed by atoms with van der Waals surface area (Å²) in [5.41, 5.74) is 6.48. The van der Waals surface area contributed by atoms with Crippen LogP contribution in [0.15, 0.2) is 54.6 Å². The van der Waals surface area contributed by atoms with Crippen molar-refractivity contribution < 1.29 is 14.3 Å². The van der Waals surface area contributed by atoms with E-state index in [0.29, 0.717) is 37.8 Å². The maximum Gasteiger partial charge on any atom is 0.410 e. The second-order valence-corrected chi connectivity index (χ2v) is 10.4. The molecule has 2 aromatic carbocycles. The second-order valence-electron chi connectivity index (χ2n) is 10.4. The van der Waals surface area contributed by atoms with Crippen molar-refractivity contribution >= 4 is 28.6 Å². The third-order valence-electron chi connectivity index (χ3n) is 8.08. The van der Waals surface area contributed by atoms with Crippen LogP contribution in [0.1, 0.15) is 35.1 Å². The van der Waals surface area contributed by atoms with E-state index in [0.717, 1.165) is 71.5 Å². The normalized spacial score (nSPS) is 16.5. The number of anilines is 1. The molecule has 6 rings (SSSR count). The van der Waals surface area contributed by atoms with E-state index < -0.39 is 0 Å². The minimum absolute atomic E-state index is 0.258. The van der Waals surface area contributed by atoms with E-state index in [4.69, 9.17) is 14.5 Å². The molecule has 0 N–H and O–H groups in total. The maximum absolute atomic E-state index is 12.7. The van der Waals surface area contributed by atoms with Crippen molar-refractivity contribution in [2.45, 2.75) is 32.8 Å². The number of hydrogen-bond acceptors (Lipinski definition) is 6. The maximum atomic E-state index is 12.7. The van der Waals surface area contributed by atoms with Gasteiger partial charge in [0.1, 0.15) is 18.5 Å². The van der Waals surface area contributed by atoms with Crippen LogP contribution in [-0.2, 0) is 22.5 Å². The molecule has 0 aliphatic carbocycles. The van der Waals surface area contributed by atoms with E-state index in [1.165, 1.54) is 0 Å². The van der Waals surface area contributed by atoms with Gasteiger partial charge in [-0.15, -0.1) is 0 Å². The van der Waals surface area contributed by atoms with E-state index >= 15 is 0 Å². The smallest absolute Gasteiger partial charge is 0.410 e. The molecule has 39 heavy (non-hydrogen) atoms. The Labute approximate surface area is 228 Å². The standard InChI is InChI=1S/C31H33N5O3/c1-22-25(19-23-11-13-35(14-12-23)31(37)39-21-24-7-3-2-4-8-24)26(20-32)29-33-27-9-5-6-10-28(27)36(29)30(22)34-15-17-38-18-16-34/h2-10,23H,11-19,21H2,1H3.